The zero-order valence-corrected chi connectivity index (χ0v) is 27.4. The standard InChI is InChI=1S/C25H18Br3I2N3O2/c1-2-3-23-32-22-7-6-16(26)10-18(22)25(34)33(23)31-12-14-8-20(29)24(21(30)9-14)35-13-15-4-5-17(27)11-19(15)28/h4-12H,2-3,13H2,1H3. The number of nitrogens with zero attached hydrogens (tertiary/aromatic N) is 3. The monoisotopic (exact) mass is 883 g/mol. The predicted molar refractivity (Wildman–Crippen MR) is 169 cm³/mol. The van der Waals surface area contributed by atoms with Gasteiger partial charge in [-0.2, -0.15) is 9.78 Å². The lowest BCUT2D eigenvalue weighted by Gasteiger charge is -2.13. The minimum atomic E-state index is -0.180. The summed E-state index contributed by atoms with van der Waals surface area (Å²) in [5.74, 6) is 1.47. The summed E-state index contributed by atoms with van der Waals surface area (Å²) in [6, 6.07) is 15.5. The van der Waals surface area contributed by atoms with Crippen molar-refractivity contribution in [2.24, 2.45) is 5.10 Å². The highest BCUT2D eigenvalue weighted by Gasteiger charge is 2.12. The molecule has 0 fully saturated rings. The van der Waals surface area contributed by atoms with E-state index in [9.17, 15) is 4.79 Å². The Labute approximate surface area is 255 Å². The highest BCUT2D eigenvalue weighted by Crippen LogP contribution is 2.31. The summed E-state index contributed by atoms with van der Waals surface area (Å²) in [6.07, 6.45) is 3.22. The van der Waals surface area contributed by atoms with E-state index >= 15 is 0 Å². The quantitative estimate of drug-likeness (QED) is 0.139. The summed E-state index contributed by atoms with van der Waals surface area (Å²) < 4.78 is 12.3. The molecule has 4 aromatic rings. The van der Waals surface area contributed by atoms with E-state index in [-0.39, 0.29) is 5.56 Å². The Kier molecular flexibility index (Phi) is 9.44. The van der Waals surface area contributed by atoms with E-state index in [0.717, 1.165) is 43.9 Å². The third kappa shape index (κ3) is 6.55. The summed E-state index contributed by atoms with van der Waals surface area (Å²) in [6.45, 7) is 2.50. The third-order valence-corrected chi connectivity index (χ3v) is 8.41. The van der Waals surface area contributed by atoms with E-state index in [1.807, 2.05) is 42.5 Å². The molecule has 4 rings (SSSR count). The van der Waals surface area contributed by atoms with Gasteiger partial charge in [-0.3, -0.25) is 4.79 Å². The van der Waals surface area contributed by atoms with Gasteiger partial charge in [0.2, 0.25) is 0 Å². The molecule has 0 radical (unpaired) electrons. The average molecular weight is 886 g/mol. The van der Waals surface area contributed by atoms with E-state index < -0.39 is 0 Å². The van der Waals surface area contributed by atoms with Crippen LogP contribution in [0.5, 0.6) is 5.75 Å². The topological polar surface area (TPSA) is 56.5 Å². The Morgan fingerprint density at radius 1 is 1.03 bits per heavy atom. The fraction of sp³-hybridized carbons (Fsp3) is 0.160. The van der Waals surface area contributed by atoms with E-state index in [4.69, 9.17) is 9.72 Å². The Morgan fingerprint density at radius 3 is 2.40 bits per heavy atom. The van der Waals surface area contributed by atoms with Gasteiger partial charge in [-0.05, 0) is 99.6 Å². The number of fused-ring (bicyclic) bond motifs is 1. The zero-order valence-electron chi connectivity index (χ0n) is 18.4. The molecule has 0 spiro atoms. The minimum absolute atomic E-state index is 0.180. The van der Waals surface area contributed by atoms with Crippen LogP contribution in [-0.4, -0.2) is 15.9 Å². The molecule has 0 atom stereocenters. The van der Waals surface area contributed by atoms with Gasteiger partial charge in [0.1, 0.15) is 18.2 Å². The van der Waals surface area contributed by atoms with Gasteiger partial charge in [-0.1, -0.05) is 60.8 Å². The van der Waals surface area contributed by atoms with Crippen molar-refractivity contribution in [2.75, 3.05) is 0 Å². The predicted octanol–water partition coefficient (Wildman–Crippen LogP) is 8.31. The van der Waals surface area contributed by atoms with Gasteiger partial charge in [0, 0.05) is 25.4 Å². The van der Waals surface area contributed by atoms with Crippen LogP contribution < -0.4 is 10.3 Å². The molecule has 0 aliphatic carbocycles. The summed E-state index contributed by atoms with van der Waals surface area (Å²) in [5.41, 5.74) is 2.43. The molecule has 1 heterocycles. The van der Waals surface area contributed by atoms with Crippen LogP contribution in [-0.2, 0) is 13.0 Å². The number of ether oxygens (including phenoxy) is 1. The van der Waals surface area contributed by atoms with Crippen molar-refractivity contribution < 1.29 is 4.74 Å². The molecule has 35 heavy (non-hydrogen) atoms. The number of rotatable bonds is 7. The maximum atomic E-state index is 13.2. The van der Waals surface area contributed by atoms with Gasteiger partial charge in [0.25, 0.3) is 5.56 Å². The lowest BCUT2D eigenvalue weighted by Crippen LogP contribution is -2.22. The molecule has 0 aliphatic rings. The van der Waals surface area contributed by atoms with Crippen molar-refractivity contribution in [1.82, 2.24) is 9.66 Å². The number of hydrogen-bond acceptors (Lipinski definition) is 4. The van der Waals surface area contributed by atoms with Crippen molar-refractivity contribution in [3.8, 4) is 5.75 Å². The van der Waals surface area contributed by atoms with Crippen LogP contribution in [0.3, 0.4) is 0 Å². The first-order valence-corrected chi connectivity index (χ1v) is 15.1. The van der Waals surface area contributed by atoms with Gasteiger partial charge < -0.3 is 4.74 Å². The Bertz CT molecular complexity index is 1480. The molecule has 0 saturated carbocycles. The molecule has 0 aliphatic heterocycles. The van der Waals surface area contributed by atoms with Gasteiger partial charge in [-0.15, -0.1) is 0 Å². The molecule has 0 N–H and O–H groups in total. The lowest BCUT2D eigenvalue weighted by molar-refractivity contribution is 0.301. The first kappa shape index (κ1) is 27.2. The Balaban J connectivity index is 1.63. The molecule has 0 saturated heterocycles. The van der Waals surface area contributed by atoms with Crippen LogP contribution in [0.25, 0.3) is 10.9 Å². The number of benzene rings is 3. The van der Waals surface area contributed by atoms with Crippen molar-refractivity contribution in [2.45, 2.75) is 26.4 Å². The maximum Gasteiger partial charge on any atom is 0.282 e. The highest BCUT2D eigenvalue weighted by molar-refractivity contribution is 14.1. The largest absolute Gasteiger partial charge is 0.487 e. The Hall–Kier alpha value is -0.830. The second-order valence-corrected chi connectivity index (χ2v) is 12.6. The van der Waals surface area contributed by atoms with Crippen LogP contribution in [0.1, 0.15) is 30.3 Å². The van der Waals surface area contributed by atoms with Crippen LogP contribution in [0.4, 0.5) is 0 Å². The average Bonchev–Trinajstić information content (AvgIpc) is 2.80. The summed E-state index contributed by atoms with van der Waals surface area (Å²) in [5, 5.41) is 5.07. The molecule has 0 unspecified atom stereocenters. The SMILES string of the molecule is CCCc1nc2ccc(Br)cc2c(=O)n1N=Cc1cc(I)c(OCc2ccc(Br)cc2Br)c(I)c1. The van der Waals surface area contributed by atoms with Crippen molar-refractivity contribution in [1.29, 1.82) is 0 Å². The second kappa shape index (κ2) is 12.1. The Morgan fingerprint density at radius 2 is 1.71 bits per heavy atom. The zero-order chi connectivity index (χ0) is 25.1. The number of halogens is 5. The second-order valence-electron chi connectivity index (χ2n) is 7.64. The van der Waals surface area contributed by atoms with Crippen molar-refractivity contribution >= 4 is 110 Å². The van der Waals surface area contributed by atoms with Gasteiger partial charge in [0.15, 0.2) is 0 Å². The van der Waals surface area contributed by atoms with Crippen molar-refractivity contribution in [3.05, 3.63) is 96.4 Å². The maximum absolute atomic E-state index is 13.2. The van der Waals surface area contributed by atoms with Gasteiger partial charge in [-0.25, -0.2) is 4.98 Å². The molecule has 1 aromatic heterocycles. The molecule has 0 amide bonds. The molecule has 5 nitrogen and oxygen atoms in total. The fourth-order valence-corrected chi connectivity index (χ4v) is 7.05. The molecule has 10 heteroatoms. The number of aromatic nitrogens is 2. The van der Waals surface area contributed by atoms with E-state index in [1.165, 1.54) is 4.68 Å². The minimum Gasteiger partial charge on any atom is -0.487 e. The molecule has 180 valence electrons. The van der Waals surface area contributed by atoms with Gasteiger partial charge >= 0.3 is 0 Å². The smallest absolute Gasteiger partial charge is 0.282 e. The third-order valence-electron chi connectivity index (χ3n) is 5.08. The summed E-state index contributed by atoms with van der Waals surface area (Å²) in [4.78, 5) is 17.9. The normalized spacial score (nSPS) is 11.5. The summed E-state index contributed by atoms with van der Waals surface area (Å²) in [7, 11) is 0. The number of hydrogen-bond donors (Lipinski definition) is 0. The van der Waals surface area contributed by atoms with Crippen LogP contribution in [0, 0.1) is 7.14 Å². The van der Waals surface area contributed by atoms with Gasteiger partial charge in [0.05, 0.1) is 24.3 Å². The van der Waals surface area contributed by atoms with Crippen LogP contribution in [0.15, 0.2) is 71.8 Å². The molecular weight excluding hydrogens is 868 g/mol. The fourth-order valence-electron chi connectivity index (χ4n) is 3.40. The van der Waals surface area contributed by atoms with Crippen LogP contribution in [0.2, 0.25) is 0 Å². The first-order chi connectivity index (χ1) is 16.8. The molecule has 3 aromatic carbocycles. The lowest BCUT2D eigenvalue weighted by atomic mass is 10.2. The highest BCUT2D eigenvalue weighted by atomic mass is 127. The van der Waals surface area contributed by atoms with Crippen LogP contribution >= 0.6 is 93.0 Å². The number of aryl methyl sites for hydroxylation is 1. The van der Waals surface area contributed by atoms with E-state index in [1.54, 1.807) is 12.3 Å². The molecule has 0 bridgehead atoms. The van der Waals surface area contributed by atoms with E-state index in [0.29, 0.717) is 29.8 Å². The van der Waals surface area contributed by atoms with E-state index in [2.05, 4.69) is 105 Å². The molecular formula is C25H18Br3I2N3O2. The first-order valence-electron chi connectivity index (χ1n) is 10.6. The van der Waals surface area contributed by atoms with Crippen molar-refractivity contribution in [3.63, 3.8) is 0 Å². The summed E-state index contributed by atoms with van der Waals surface area (Å²) >= 11 is 15.0.